The lowest BCUT2D eigenvalue weighted by Crippen LogP contribution is -2.35. The minimum absolute atomic E-state index is 0.125. The average Bonchev–Trinajstić information content (AvgIpc) is 2.98. The minimum atomic E-state index is -3.50. The molecule has 2 rings (SSSR count). The maximum atomic E-state index is 12.3. The first-order valence-electron chi connectivity index (χ1n) is 6.72. The van der Waals surface area contributed by atoms with Gasteiger partial charge in [-0.3, -0.25) is 0 Å². The Morgan fingerprint density at radius 3 is 2.45 bits per heavy atom. The number of rotatable bonds is 6. The van der Waals surface area contributed by atoms with Gasteiger partial charge in [0, 0.05) is 27.2 Å². The van der Waals surface area contributed by atoms with Gasteiger partial charge in [0.25, 0.3) is 0 Å². The van der Waals surface area contributed by atoms with Crippen molar-refractivity contribution in [1.29, 1.82) is 0 Å². The number of nitrogens with zero attached hydrogens (tertiary/aromatic N) is 4. The number of anilines is 1. The van der Waals surface area contributed by atoms with Gasteiger partial charge in [-0.1, -0.05) is 0 Å². The smallest absolute Gasteiger partial charge is 0.245 e. The highest BCUT2D eigenvalue weighted by Crippen LogP contribution is 2.14. The fraction of sp³-hybridized carbons (Fsp3) is 0.667. The van der Waals surface area contributed by atoms with Crippen LogP contribution < -0.4 is 5.32 Å². The number of likely N-dealkylation sites (N-methyl/N-ethyl adjacent to an activating group) is 1. The molecule has 20 heavy (non-hydrogen) atoms. The Balaban J connectivity index is 2.00. The van der Waals surface area contributed by atoms with Crippen LogP contribution in [0.2, 0.25) is 0 Å². The maximum Gasteiger partial charge on any atom is 0.245 e. The Morgan fingerprint density at radius 2 is 1.90 bits per heavy atom. The van der Waals surface area contributed by atoms with Gasteiger partial charge < -0.3 is 10.2 Å². The number of sulfonamides is 1. The molecule has 0 amide bonds. The lowest BCUT2D eigenvalue weighted by Gasteiger charge is -2.21. The molecule has 1 saturated heterocycles. The predicted octanol–water partition coefficient (Wildman–Crippen LogP) is 0.235. The van der Waals surface area contributed by atoms with Crippen LogP contribution in [0, 0.1) is 0 Å². The second-order valence-corrected chi connectivity index (χ2v) is 6.91. The molecule has 1 aromatic rings. The van der Waals surface area contributed by atoms with Crippen LogP contribution in [-0.2, 0) is 10.0 Å². The summed E-state index contributed by atoms with van der Waals surface area (Å²) in [6.45, 7) is 3.38. The third-order valence-electron chi connectivity index (χ3n) is 3.49. The van der Waals surface area contributed by atoms with E-state index in [1.807, 2.05) is 0 Å². The Bertz CT molecular complexity index is 525. The molecular weight excluding hydrogens is 278 g/mol. The van der Waals surface area contributed by atoms with Crippen LogP contribution in [-0.4, -0.2) is 67.9 Å². The SMILES string of the molecule is CNc1ncc(S(=O)(=O)N(C)CCN2CCCC2)cn1. The largest absolute Gasteiger partial charge is 0.357 e. The van der Waals surface area contributed by atoms with Crippen LogP contribution in [0.15, 0.2) is 17.3 Å². The topological polar surface area (TPSA) is 78.4 Å². The first-order valence-corrected chi connectivity index (χ1v) is 8.16. The number of likely N-dealkylation sites (tertiary alicyclic amines) is 1. The summed E-state index contributed by atoms with van der Waals surface area (Å²) in [5.74, 6) is 0.406. The molecule has 0 atom stereocenters. The Morgan fingerprint density at radius 1 is 1.30 bits per heavy atom. The first kappa shape index (κ1) is 15.1. The zero-order valence-electron chi connectivity index (χ0n) is 11.9. The van der Waals surface area contributed by atoms with Crippen molar-refractivity contribution >= 4 is 16.0 Å². The van der Waals surface area contributed by atoms with Crippen molar-refractivity contribution in [2.45, 2.75) is 17.7 Å². The number of aromatic nitrogens is 2. The molecule has 112 valence electrons. The molecule has 0 radical (unpaired) electrons. The summed E-state index contributed by atoms with van der Waals surface area (Å²) >= 11 is 0. The van der Waals surface area contributed by atoms with Crippen LogP contribution >= 0.6 is 0 Å². The molecule has 1 aliphatic rings. The highest BCUT2D eigenvalue weighted by molar-refractivity contribution is 7.89. The molecule has 7 nitrogen and oxygen atoms in total. The van der Waals surface area contributed by atoms with E-state index in [-0.39, 0.29) is 4.90 Å². The molecular formula is C12H21N5O2S. The summed E-state index contributed by atoms with van der Waals surface area (Å²) < 4.78 is 26.1. The van der Waals surface area contributed by atoms with Gasteiger partial charge in [-0.15, -0.1) is 0 Å². The van der Waals surface area contributed by atoms with E-state index in [0.29, 0.717) is 12.5 Å². The predicted molar refractivity (Wildman–Crippen MR) is 77.1 cm³/mol. The summed E-state index contributed by atoms with van der Waals surface area (Å²) in [7, 11) is -0.221. The second-order valence-electron chi connectivity index (χ2n) is 4.87. The molecule has 1 aromatic heterocycles. The quantitative estimate of drug-likeness (QED) is 0.810. The summed E-state index contributed by atoms with van der Waals surface area (Å²) in [5, 5.41) is 2.76. The molecule has 0 aromatic carbocycles. The molecule has 2 heterocycles. The van der Waals surface area contributed by atoms with Crippen LogP contribution in [0.4, 0.5) is 5.95 Å². The van der Waals surface area contributed by atoms with Crippen LogP contribution in [0.25, 0.3) is 0 Å². The van der Waals surface area contributed by atoms with Crippen LogP contribution in [0.1, 0.15) is 12.8 Å². The lowest BCUT2D eigenvalue weighted by atomic mass is 10.4. The third-order valence-corrected chi connectivity index (χ3v) is 5.30. The van der Waals surface area contributed by atoms with Gasteiger partial charge in [0.1, 0.15) is 4.90 Å². The number of hydrogen-bond donors (Lipinski definition) is 1. The minimum Gasteiger partial charge on any atom is -0.357 e. The lowest BCUT2D eigenvalue weighted by molar-refractivity contribution is 0.310. The zero-order valence-corrected chi connectivity index (χ0v) is 12.7. The van der Waals surface area contributed by atoms with Gasteiger partial charge in [-0.05, 0) is 25.9 Å². The summed E-state index contributed by atoms with van der Waals surface area (Å²) in [6.07, 6.45) is 5.08. The summed E-state index contributed by atoms with van der Waals surface area (Å²) in [4.78, 5) is 10.3. The van der Waals surface area contributed by atoms with Crippen molar-refractivity contribution in [2.24, 2.45) is 0 Å². The van der Waals surface area contributed by atoms with E-state index in [1.54, 1.807) is 14.1 Å². The van der Waals surface area contributed by atoms with Crippen molar-refractivity contribution in [3.63, 3.8) is 0 Å². The third kappa shape index (κ3) is 3.44. The Hall–Kier alpha value is -1.25. The molecule has 8 heteroatoms. The van der Waals surface area contributed by atoms with Gasteiger partial charge in [0.05, 0.1) is 12.4 Å². The molecule has 1 fully saturated rings. The summed E-state index contributed by atoms with van der Waals surface area (Å²) in [5.41, 5.74) is 0. The second kappa shape index (κ2) is 6.47. The molecule has 0 aliphatic carbocycles. The van der Waals surface area contributed by atoms with Crippen LogP contribution in [0.3, 0.4) is 0 Å². The van der Waals surface area contributed by atoms with Gasteiger partial charge in [-0.2, -0.15) is 4.31 Å². The fourth-order valence-electron chi connectivity index (χ4n) is 2.17. The van der Waals surface area contributed by atoms with Gasteiger partial charge in [0.15, 0.2) is 0 Å². The van der Waals surface area contributed by atoms with E-state index in [4.69, 9.17) is 0 Å². The Kier molecular flexibility index (Phi) is 4.90. The molecule has 1 N–H and O–H groups in total. The van der Waals surface area contributed by atoms with Crippen molar-refractivity contribution in [3.05, 3.63) is 12.4 Å². The van der Waals surface area contributed by atoms with E-state index >= 15 is 0 Å². The van der Waals surface area contributed by atoms with E-state index in [1.165, 1.54) is 29.5 Å². The van der Waals surface area contributed by atoms with E-state index in [0.717, 1.165) is 19.6 Å². The fourth-order valence-corrected chi connectivity index (χ4v) is 3.22. The highest BCUT2D eigenvalue weighted by Gasteiger charge is 2.22. The standard InChI is InChI=1S/C12H21N5O2S/c1-13-12-14-9-11(10-15-12)20(18,19)16(2)7-8-17-5-3-4-6-17/h9-10H,3-8H2,1-2H3,(H,13,14,15). The van der Waals surface area contributed by atoms with Gasteiger partial charge >= 0.3 is 0 Å². The molecule has 0 bridgehead atoms. The van der Waals surface area contributed by atoms with Crippen molar-refractivity contribution in [3.8, 4) is 0 Å². The van der Waals surface area contributed by atoms with Gasteiger partial charge in [-0.25, -0.2) is 18.4 Å². The normalized spacial score (nSPS) is 16.8. The van der Waals surface area contributed by atoms with Crippen molar-refractivity contribution in [2.75, 3.05) is 45.6 Å². The van der Waals surface area contributed by atoms with Crippen molar-refractivity contribution < 1.29 is 8.42 Å². The zero-order chi connectivity index (χ0) is 14.6. The van der Waals surface area contributed by atoms with E-state index in [9.17, 15) is 8.42 Å². The van der Waals surface area contributed by atoms with E-state index < -0.39 is 10.0 Å². The van der Waals surface area contributed by atoms with Gasteiger partial charge in [0.2, 0.25) is 16.0 Å². The number of hydrogen-bond acceptors (Lipinski definition) is 6. The van der Waals surface area contributed by atoms with E-state index in [2.05, 4.69) is 20.2 Å². The Labute approximate surface area is 120 Å². The van der Waals surface area contributed by atoms with Crippen LogP contribution in [0.5, 0.6) is 0 Å². The maximum absolute atomic E-state index is 12.3. The molecule has 1 aliphatic heterocycles. The molecule has 0 unspecified atom stereocenters. The number of nitrogens with one attached hydrogen (secondary N) is 1. The monoisotopic (exact) mass is 299 g/mol. The molecule has 0 spiro atoms. The highest BCUT2D eigenvalue weighted by atomic mass is 32.2. The van der Waals surface area contributed by atoms with Crippen molar-refractivity contribution in [1.82, 2.24) is 19.2 Å². The molecule has 0 saturated carbocycles. The average molecular weight is 299 g/mol. The summed E-state index contributed by atoms with van der Waals surface area (Å²) in [6, 6.07) is 0. The first-order chi connectivity index (χ1) is 9.54.